The van der Waals surface area contributed by atoms with Crippen LogP contribution in [0.25, 0.3) is 0 Å². The van der Waals surface area contributed by atoms with E-state index in [-0.39, 0.29) is 12.2 Å². The van der Waals surface area contributed by atoms with E-state index < -0.39 is 17.3 Å². The van der Waals surface area contributed by atoms with E-state index in [2.05, 4.69) is 0 Å². The molecule has 0 saturated carbocycles. The van der Waals surface area contributed by atoms with Crippen molar-refractivity contribution >= 4 is 5.78 Å². The molecule has 0 aliphatic rings. The highest BCUT2D eigenvalue weighted by molar-refractivity contribution is 5.89. The third kappa shape index (κ3) is 3.60. The Bertz CT molecular complexity index is 465. The van der Waals surface area contributed by atoms with Gasteiger partial charge in [-0.2, -0.15) is 13.2 Å². The molecule has 0 fully saturated rings. The van der Waals surface area contributed by atoms with E-state index in [1.54, 1.807) is 0 Å². The molecule has 1 unspecified atom stereocenters. The fraction of sp³-hybridized carbons (Fsp3) is 0.533. The molecule has 0 N–H and O–H groups in total. The SMILES string of the molecule is CCC(C)(C(=O)Cc1ccc(C(F)(F)F)cc1)N(C)C. The third-order valence-corrected chi connectivity index (χ3v) is 3.92. The number of nitrogens with zero attached hydrogens (tertiary/aromatic N) is 1. The molecule has 0 aliphatic carbocycles. The average molecular weight is 287 g/mol. The molecule has 1 aromatic rings. The lowest BCUT2D eigenvalue weighted by Gasteiger charge is -2.34. The number of rotatable bonds is 5. The van der Waals surface area contributed by atoms with Crippen LogP contribution in [-0.2, 0) is 17.4 Å². The monoisotopic (exact) mass is 287 g/mol. The van der Waals surface area contributed by atoms with Gasteiger partial charge in [0.2, 0.25) is 0 Å². The molecule has 20 heavy (non-hydrogen) atoms. The number of hydrogen-bond donors (Lipinski definition) is 0. The summed E-state index contributed by atoms with van der Waals surface area (Å²) in [4.78, 5) is 14.2. The fourth-order valence-corrected chi connectivity index (χ4v) is 1.95. The minimum Gasteiger partial charge on any atom is -0.297 e. The van der Waals surface area contributed by atoms with Crippen molar-refractivity contribution in [2.45, 2.75) is 38.4 Å². The van der Waals surface area contributed by atoms with Crippen LogP contribution in [0.15, 0.2) is 24.3 Å². The number of carbonyl (C=O) groups excluding carboxylic acids is 1. The minimum absolute atomic E-state index is 0.00441. The van der Waals surface area contributed by atoms with Crippen LogP contribution >= 0.6 is 0 Å². The van der Waals surface area contributed by atoms with Gasteiger partial charge in [-0.3, -0.25) is 9.69 Å². The molecule has 0 heterocycles. The largest absolute Gasteiger partial charge is 0.416 e. The summed E-state index contributed by atoms with van der Waals surface area (Å²) in [6.45, 7) is 3.77. The maximum Gasteiger partial charge on any atom is 0.416 e. The Labute approximate surface area is 117 Å². The summed E-state index contributed by atoms with van der Waals surface area (Å²) < 4.78 is 37.4. The van der Waals surface area contributed by atoms with Crippen molar-refractivity contribution in [1.82, 2.24) is 4.90 Å². The molecule has 1 aromatic carbocycles. The summed E-state index contributed by atoms with van der Waals surface area (Å²) in [7, 11) is 3.66. The van der Waals surface area contributed by atoms with Crippen molar-refractivity contribution in [3.05, 3.63) is 35.4 Å². The first-order chi connectivity index (χ1) is 9.11. The first-order valence-corrected chi connectivity index (χ1v) is 6.48. The van der Waals surface area contributed by atoms with Crippen molar-refractivity contribution in [3.8, 4) is 0 Å². The van der Waals surface area contributed by atoms with Gasteiger partial charge in [-0.15, -0.1) is 0 Å². The maximum atomic E-state index is 12.5. The highest BCUT2D eigenvalue weighted by Crippen LogP contribution is 2.29. The van der Waals surface area contributed by atoms with Crippen LogP contribution in [0.3, 0.4) is 0 Å². The number of halogens is 3. The standard InChI is InChI=1S/C15H20F3NO/c1-5-14(2,19(3)4)13(20)10-11-6-8-12(9-7-11)15(16,17)18/h6-9H,5,10H2,1-4H3. The number of ketones is 1. The number of Topliss-reactive ketones (excluding diaryl/α,β-unsaturated/α-hetero) is 1. The summed E-state index contributed by atoms with van der Waals surface area (Å²) >= 11 is 0. The van der Waals surface area contributed by atoms with E-state index in [0.29, 0.717) is 12.0 Å². The van der Waals surface area contributed by atoms with E-state index in [4.69, 9.17) is 0 Å². The van der Waals surface area contributed by atoms with Crippen LogP contribution in [0.2, 0.25) is 0 Å². The first kappa shape index (κ1) is 16.7. The van der Waals surface area contributed by atoms with Gasteiger partial charge in [-0.05, 0) is 45.1 Å². The van der Waals surface area contributed by atoms with Crippen LogP contribution in [0, 0.1) is 0 Å². The fourth-order valence-electron chi connectivity index (χ4n) is 1.95. The quantitative estimate of drug-likeness (QED) is 0.825. The molecular weight excluding hydrogens is 267 g/mol. The zero-order chi connectivity index (χ0) is 15.6. The van der Waals surface area contributed by atoms with Crippen LogP contribution in [0.5, 0.6) is 0 Å². The van der Waals surface area contributed by atoms with Gasteiger partial charge in [-0.25, -0.2) is 0 Å². The van der Waals surface area contributed by atoms with Gasteiger partial charge >= 0.3 is 6.18 Å². The van der Waals surface area contributed by atoms with Gasteiger partial charge in [0, 0.05) is 6.42 Å². The molecule has 1 rings (SSSR count). The highest BCUT2D eigenvalue weighted by Gasteiger charge is 2.33. The van der Waals surface area contributed by atoms with Crippen molar-refractivity contribution in [2.24, 2.45) is 0 Å². The van der Waals surface area contributed by atoms with Crippen molar-refractivity contribution in [3.63, 3.8) is 0 Å². The van der Waals surface area contributed by atoms with Gasteiger partial charge in [-0.1, -0.05) is 19.1 Å². The summed E-state index contributed by atoms with van der Waals surface area (Å²) in [5.41, 5.74) is -0.688. The van der Waals surface area contributed by atoms with Crippen molar-refractivity contribution in [2.75, 3.05) is 14.1 Å². The Hall–Kier alpha value is -1.36. The first-order valence-electron chi connectivity index (χ1n) is 6.48. The zero-order valence-electron chi connectivity index (χ0n) is 12.2. The number of alkyl halides is 3. The lowest BCUT2D eigenvalue weighted by Crippen LogP contribution is -2.48. The second-order valence-corrected chi connectivity index (χ2v) is 5.32. The Morgan fingerprint density at radius 3 is 2.00 bits per heavy atom. The molecule has 0 aliphatic heterocycles. The smallest absolute Gasteiger partial charge is 0.297 e. The van der Waals surface area contributed by atoms with Crippen LogP contribution in [0.4, 0.5) is 13.2 Å². The topological polar surface area (TPSA) is 20.3 Å². The highest BCUT2D eigenvalue weighted by atomic mass is 19.4. The summed E-state index contributed by atoms with van der Waals surface area (Å²) in [5, 5.41) is 0. The van der Waals surface area contributed by atoms with Gasteiger partial charge < -0.3 is 0 Å². The molecule has 1 atom stereocenters. The van der Waals surface area contributed by atoms with Crippen molar-refractivity contribution < 1.29 is 18.0 Å². The Kier molecular flexibility index (Phi) is 4.97. The summed E-state index contributed by atoms with van der Waals surface area (Å²) in [6, 6.07) is 4.77. The minimum atomic E-state index is -4.34. The average Bonchev–Trinajstić information content (AvgIpc) is 2.36. The number of benzene rings is 1. The second kappa shape index (κ2) is 5.95. The van der Waals surface area contributed by atoms with Crippen LogP contribution in [-0.4, -0.2) is 30.3 Å². The lowest BCUT2D eigenvalue weighted by molar-refractivity contribution is -0.137. The van der Waals surface area contributed by atoms with Crippen LogP contribution in [0.1, 0.15) is 31.4 Å². The molecule has 112 valence electrons. The Morgan fingerprint density at radius 1 is 1.15 bits per heavy atom. The zero-order valence-corrected chi connectivity index (χ0v) is 12.2. The van der Waals surface area contributed by atoms with E-state index in [9.17, 15) is 18.0 Å². The van der Waals surface area contributed by atoms with Gasteiger partial charge in [0.1, 0.15) is 0 Å². The number of hydrogen-bond acceptors (Lipinski definition) is 2. The van der Waals surface area contributed by atoms with E-state index in [0.717, 1.165) is 12.1 Å². The Balaban J connectivity index is 2.87. The lowest BCUT2D eigenvalue weighted by atomic mass is 9.88. The molecule has 0 bridgehead atoms. The van der Waals surface area contributed by atoms with E-state index in [1.165, 1.54) is 12.1 Å². The summed E-state index contributed by atoms with van der Waals surface area (Å²) in [5.74, 6) is 0.00441. The second-order valence-electron chi connectivity index (χ2n) is 5.32. The molecule has 2 nitrogen and oxygen atoms in total. The van der Waals surface area contributed by atoms with Crippen molar-refractivity contribution in [1.29, 1.82) is 0 Å². The normalized spacial score (nSPS) is 15.2. The molecule has 0 amide bonds. The molecule has 0 aromatic heterocycles. The number of likely N-dealkylation sites (N-methyl/N-ethyl adjacent to an activating group) is 1. The van der Waals surface area contributed by atoms with E-state index in [1.807, 2.05) is 32.8 Å². The maximum absolute atomic E-state index is 12.5. The molecular formula is C15H20F3NO. The molecule has 5 heteroatoms. The van der Waals surface area contributed by atoms with E-state index >= 15 is 0 Å². The van der Waals surface area contributed by atoms with Gasteiger partial charge in [0.05, 0.1) is 11.1 Å². The molecule has 0 saturated heterocycles. The van der Waals surface area contributed by atoms with Gasteiger partial charge in [0.25, 0.3) is 0 Å². The number of carbonyl (C=O) groups is 1. The predicted octanol–water partition coefficient (Wildman–Crippen LogP) is 3.55. The molecule has 0 spiro atoms. The predicted molar refractivity (Wildman–Crippen MR) is 72.5 cm³/mol. The summed E-state index contributed by atoms with van der Waals surface area (Å²) in [6.07, 6.45) is -3.55. The third-order valence-electron chi connectivity index (χ3n) is 3.92. The van der Waals surface area contributed by atoms with Crippen LogP contribution < -0.4 is 0 Å². The van der Waals surface area contributed by atoms with Gasteiger partial charge in [0.15, 0.2) is 5.78 Å². The Morgan fingerprint density at radius 2 is 1.65 bits per heavy atom. The molecule has 0 radical (unpaired) electrons.